The number of aromatic nitrogens is 2. The number of H-pyrrole nitrogens is 1. The molecule has 0 saturated heterocycles. The first kappa shape index (κ1) is 31.7. The van der Waals surface area contributed by atoms with Crippen LogP contribution in [0.3, 0.4) is 0 Å². The van der Waals surface area contributed by atoms with Crippen LogP contribution in [0.25, 0.3) is 0 Å². The molecule has 0 saturated carbocycles. The first-order valence-electron chi connectivity index (χ1n) is 12.6. The molecular weight excluding hydrogens is 522 g/mol. The summed E-state index contributed by atoms with van der Waals surface area (Å²) in [6, 6.07) is 3.86. The molecule has 0 fully saturated rings. The van der Waals surface area contributed by atoms with Gasteiger partial charge in [0.05, 0.1) is 12.4 Å². The van der Waals surface area contributed by atoms with Crippen LogP contribution in [0.2, 0.25) is 0 Å². The molecule has 15 heteroatoms. The fraction of sp³-hybridized carbons (Fsp3) is 0.440. The number of amides is 3. The van der Waals surface area contributed by atoms with E-state index in [9.17, 15) is 29.4 Å². The van der Waals surface area contributed by atoms with Gasteiger partial charge in [-0.25, -0.2) is 9.78 Å². The normalized spacial score (nSPS) is 14.6. The SMILES string of the molecule is CC(O)C(N)C(=O)NC(CCCN=C(N)N)C(=O)NC(Cc1ccccc1)C(=O)NC(Cc1cnc[nH]1)C(=O)O. The molecule has 0 aliphatic heterocycles. The highest BCUT2D eigenvalue weighted by atomic mass is 16.4. The number of carboxylic acid groups (broad SMARTS) is 1. The van der Waals surface area contributed by atoms with E-state index < -0.39 is 54.0 Å². The first-order valence-corrected chi connectivity index (χ1v) is 12.6. The lowest BCUT2D eigenvalue weighted by Gasteiger charge is -2.25. The number of imidazole rings is 1. The van der Waals surface area contributed by atoms with Crippen LogP contribution < -0.4 is 33.2 Å². The minimum absolute atomic E-state index is 0.0384. The maximum absolute atomic E-state index is 13.4. The number of hydrogen-bond donors (Lipinski definition) is 9. The van der Waals surface area contributed by atoms with Gasteiger partial charge in [0.25, 0.3) is 0 Å². The molecule has 12 N–H and O–H groups in total. The van der Waals surface area contributed by atoms with E-state index >= 15 is 0 Å². The molecule has 1 heterocycles. The number of aliphatic carboxylic acids is 1. The van der Waals surface area contributed by atoms with Gasteiger partial charge in [0.2, 0.25) is 17.7 Å². The molecule has 0 bridgehead atoms. The Labute approximate surface area is 231 Å². The predicted octanol–water partition coefficient (Wildman–Crippen LogP) is -2.50. The monoisotopic (exact) mass is 559 g/mol. The smallest absolute Gasteiger partial charge is 0.326 e. The molecule has 1 aromatic heterocycles. The van der Waals surface area contributed by atoms with Gasteiger partial charge >= 0.3 is 5.97 Å². The topological polar surface area (TPSA) is 264 Å². The van der Waals surface area contributed by atoms with Gasteiger partial charge in [-0.15, -0.1) is 0 Å². The van der Waals surface area contributed by atoms with Crippen molar-refractivity contribution in [1.29, 1.82) is 0 Å². The molecule has 0 aliphatic carbocycles. The van der Waals surface area contributed by atoms with Gasteiger partial charge in [-0.3, -0.25) is 19.4 Å². The number of hydrogen-bond acceptors (Lipinski definition) is 8. The highest BCUT2D eigenvalue weighted by molar-refractivity contribution is 5.94. The molecular formula is C25H37N9O6. The van der Waals surface area contributed by atoms with E-state index in [4.69, 9.17) is 17.2 Å². The summed E-state index contributed by atoms with van der Waals surface area (Å²) >= 11 is 0. The number of rotatable bonds is 16. The Kier molecular flexibility index (Phi) is 12.5. The summed E-state index contributed by atoms with van der Waals surface area (Å²) in [5, 5.41) is 27.0. The van der Waals surface area contributed by atoms with Gasteiger partial charge in [0, 0.05) is 31.3 Å². The van der Waals surface area contributed by atoms with E-state index in [2.05, 4.69) is 30.9 Å². The summed E-state index contributed by atoms with van der Waals surface area (Å²) in [6.45, 7) is 1.51. The Balaban J connectivity index is 2.24. The van der Waals surface area contributed by atoms with E-state index in [-0.39, 0.29) is 31.8 Å². The summed E-state index contributed by atoms with van der Waals surface area (Å²) in [6.07, 6.45) is 2.01. The lowest BCUT2D eigenvalue weighted by atomic mass is 10.0. The number of carbonyl (C=O) groups excluding carboxylic acids is 3. The zero-order valence-corrected chi connectivity index (χ0v) is 22.1. The molecule has 15 nitrogen and oxygen atoms in total. The van der Waals surface area contributed by atoms with E-state index in [1.54, 1.807) is 30.3 Å². The molecule has 0 radical (unpaired) electrons. The lowest BCUT2D eigenvalue weighted by Crippen LogP contribution is -2.58. The third kappa shape index (κ3) is 10.7. The summed E-state index contributed by atoms with van der Waals surface area (Å²) in [7, 11) is 0. The van der Waals surface area contributed by atoms with Crippen molar-refractivity contribution in [3.8, 4) is 0 Å². The van der Waals surface area contributed by atoms with Gasteiger partial charge in [0.15, 0.2) is 5.96 Å². The molecule has 0 spiro atoms. The number of nitrogens with two attached hydrogens (primary N) is 3. The Hall–Kier alpha value is -4.50. The van der Waals surface area contributed by atoms with Gasteiger partial charge in [0.1, 0.15) is 24.2 Å². The average Bonchev–Trinajstić information content (AvgIpc) is 3.42. The van der Waals surface area contributed by atoms with Gasteiger partial charge in [-0.05, 0) is 25.3 Å². The Bertz CT molecular complexity index is 1140. The van der Waals surface area contributed by atoms with Crippen LogP contribution in [0, 0.1) is 0 Å². The second-order valence-corrected chi connectivity index (χ2v) is 9.21. The Morgan fingerprint density at radius 1 is 0.975 bits per heavy atom. The number of benzene rings is 1. The number of nitrogens with one attached hydrogen (secondary N) is 4. The third-order valence-electron chi connectivity index (χ3n) is 5.91. The van der Waals surface area contributed by atoms with Crippen LogP contribution in [0.15, 0.2) is 47.8 Å². The van der Waals surface area contributed by atoms with Gasteiger partial charge < -0.3 is 48.3 Å². The van der Waals surface area contributed by atoms with Crippen molar-refractivity contribution in [3.63, 3.8) is 0 Å². The number of nitrogens with zero attached hydrogens (tertiary/aromatic N) is 2. The average molecular weight is 560 g/mol. The van der Waals surface area contributed by atoms with E-state index in [1.165, 1.54) is 19.4 Å². The summed E-state index contributed by atoms with van der Waals surface area (Å²) < 4.78 is 0. The van der Waals surface area contributed by atoms with Crippen molar-refractivity contribution >= 4 is 29.7 Å². The van der Waals surface area contributed by atoms with Crippen LogP contribution in [0.4, 0.5) is 0 Å². The van der Waals surface area contributed by atoms with Crippen molar-refractivity contribution in [2.24, 2.45) is 22.2 Å². The number of aliphatic hydroxyl groups excluding tert-OH is 1. The van der Waals surface area contributed by atoms with Gasteiger partial charge in [-0.2, -0.15) is 0 Å². The zero-order chi connectivity index (χ0) is 29.7. The first-order chi connectivity index (χ1) is 19.0. The van der Waals surface area contributed by atoms with Crippen LogP contribution in [0.5, 0.6) is 0 Å². The molecule has 218 valence electrons. The quantitative estimate of drug-likeness (QED) is 0.0592. The van der Waals surface area contributed by atoms with Crippen LogP contribution >= 0.6 is 0 Å². The van der Waals surface area contributed by atoms with Crippen molar-refractivity contribution in [2.45, 2.75) is 62.9 Å². The van der Waals surface area contributed by atoms with Crippen molar-refractivity contribution in [2.75, 3.05) is 6.54 Å². The molecule has 5 unspecified atom stereocenters. The Morgan fingerprint density at radius 2 is 1.60 bits per heavy atom. The van der Waals surface area contributed by atoms with E-state index in [0.717, 1.165) is 0 Å². The number of aromatic amines is 1. The highest BCUT2D eigenvalue weighted by Crippen LogP contribution is 2.08. The molecule has 2 rings (SSSR count). The number of aliphatic hydroxyl groups is 1. The molecule has 5 atom stereocenters. The van der Waals surface area contributed by atoms with E-state index in [1.807, 2.05) is 0 Å². The number of carbonyl (C=O) groups is 4. The van der Waals surface area contributed by atoms with Crippen LogP contribution in [-0.2, 0) is 32.0 Å². The third-order valence-corrected chi connectivity index (χ3v) is 5.91. The maximum atomic E-state index is 13.4. The molecule has 0 aliphatic rings. The van der Waals surface area contributed by atoms with E-state index in [0.29, 0.717) is 17.7 Å². The van der Waals surface area contributed by atoms with Crippen LogP contribution in [0.1, 0.15) is 31.0 Å². The fourth-order valence-corrected chi connectivity index (χ4v) is 3.68. The highest BCUT2D eigenvalue weighted by Gasteiger charge is 2.31. The largest absolute Gasteiger partial charge is 0.480 e. The van der Waals surface area contributed by atoms with Crippen molar-refractivity contribution in [3.05, 3.63) is 54.1 Å². The second-order valence-electron chi connectivity index (χ2n) is 9.21. The Morgan fingerprint density at radius 3 is 2.17 bits per heavy atom. The lowest BCUT2D eigenvalue weighted by molar-refractivity contribution is -0.142. The maximum Gasteiger partial charge on any atom is 0.326 e. The zero-order valence-electron chi connectivity index (χ0n) is 22.1. The molecule has 3 amide bonds. The summed E-state index contributed by atoms with van der Waals surface area (Å²) in [4.78, 5) is 61.5. The number of guanidine groups is 1. The van der Waals surface area contributed by atoms with Crippen molar-refractivity contribution in [1.82, 2.24) is 25.9 Å². The molecule has 1 aromatic carbocycles. The number of aliphatic imine (C=N–C) groups is 1. The second kappa shape index (κ2) is 15.8. The standard InChI is InChI=1S/C25H37N9O6/c1-14(35)20(26)23(38)32-17(8-5-9-30-25(27)28)21(36)33-18(10-15-6-3-2-4-7-15)22(37)34-19(24(39)40)11-16-12-29-13-31-16/h2-4,6-7,12-14,17-20,35H,5,8-11,26H2,1H3,(H,29,31)(H,32,38)(H,33,36)(H,34,37)(H,39,40)(H4,27,28,30). The molecule has 2 aromatic rings. The summed E-state index contributed by atoms with van der Waals surface area (Å²) in [5.41, 5.74) is 17.6. The molecule has 40 heavy (non-hydrogen) atoms. The van der Waals surface area contributed by atoms with Gasteiger partial charge in [-0.1, -0.05) is 30.3 Å². The minimum atomic E-state index is -1.30. The fourth-order valence-electron chi connectivity index (χ4n) is 3.68. The summed E-state index contributed by atoms with van der Waals surface area (Å²) in [5.74, 6) is -3.64. The van der Waals surface area contributed by atoms with Crippen LogP contribution in [-0.4, -0.2) is 86.6 Å². The number of carboxylic acids is 1. The van der Waals surface area contributed by atoms with Crippen molar-refractivity contribution < 1.29 is 29.4 Å². The predicted molar refractivity (Wildman–Crippen MR) is 145 cm³/mol. The minimum Gasteiger partial charge on any atom is -0.480 e.